The summed E-state index contributed by atoms with van der Waals surface area (Å²) in [5.41, 5.74) is 4.67. The van der Waals surface area contributed by atoms with Gasteiger partial charge in [0.25, 0.3) is 11.5 Å². The van der Waals surface area contributed by atoms with Gasteiger partial charge in [0.05, 0.1) is 33.9 Å². The number of hydrogen-bond acceptors (Lipinski definition) is 9. The lowest BCUT2D eigenvalue weighted by molar-refractivity contribution is 0.0980. The summed E-state index contributed by atoms with van der Waals surface area (Å²) >= 11 is 7.25. The Hall–Kier alpha value is -4.14. The lowest BCUT2D eigenvalue weighted by atomic mass is 10.0. The van der Waals surface area contributed by atoms with Gasteiger partial charge in [0, 0.05) is 38.2 Å². The lowest BCUT2D eigenvalue weighted by Crippen LogP contribution is -2.35. The first kappa shape index (κ1) is 31.8. The maximum atomic E-state index is 13.3. The molecule has 1 aliphatic rings. The molecule has 1 atom stereocenters. The summed E-state index contributed by atoms with van der Waals surface area (Å²) < 4.78 is 4.35. The lowest BCUT2D eigenvalue weighted by Gasteiger charge is -2.29. The highest BCUT2D eigenvalue weighted by atomic mass is 35.5. The van der Waals surface area contributed by atoms with E-state index in [1.54, 1.807) is 48.3 Å². The summed E-state index contributed by atoms with van der Waals surface area (Å²) in [6, 6.07) is 12.6. The molecule has 0 bridgehead atoms. The molecule has 5 rings (SSSR count). The minimum absolute atomic E-state index is 0.0593. The van der Waals surface area contributed by atoms with Gasteiger partial charge in [-0.05, 0) is 75.9 Å². The van der Waals surface area contributed by atoms with Crippen molar-refractivity contribution in [3.63, 3.8) is 0 Å². The van der Waals surface area contributed by atoms with E-state index in [0.29, 0.717) is 28.1 Å². The number of hydrogen-bond donors (Lipinski definition) is 2. The second-order valence-corrected chi connectivity index (χ2v) is 11.4. The number of carbonyl (C=O) groups is 1. The molecule has 10 nitrogen and oxygen atoms in total. The molecule has 1 amide bonds. The second-order valence-electron chi connectivity index (χ2n) is 10.4. The van der Waals surface area contributed by atoms with Crippen LogP contribution in [0.1, 0.15) is 65.1 Å². The van der Waals surface area contributed by atoms with E-state index in [-0.39, 0.29) is 28.4 Å². The van der Waals surface area contributed by atoms with Crippen molar-refractivity contribution in [3.8, 4) is 6.07 Å². The van der Waals surface area contributed by atoms with E-state index in [1.165, 1.54) is 18.4 Å². The van der Waals surface area contributed by atoms with Crippen molar-refractivity contribution in [2.24, 2.45) is 7.05 Å². The van der Waals surface area contributed by atoms with Crippen molar-refractivity contribution in [1.29, 1.82) is 5.26 Å². The largest absolute Gasteiger partial charge is 0.377 e. The molecule has 4 heterocycles. The van der Waals surface area contributed by atoms with Crippen LogP contribution in [-0.2, 0) is 7.05 Å². The van der Waals surface area contributed by atoms with Crippen LogP contribution < -0.4 is 20.5 Å². The second kappa shape index (κ2) is 14.4. The minimum atomic E-state index is -0.335. The number of nitrogens with zero attached hydrogens (tertiary/aromatic N) is 6. The average Bonchev–Trinajstić information content (AvgIpc) is 3.00. The van der Waals surface area contributed by atoms with Crippen molar-refractivity contribution in [2.75, 3.05) is 29.6 Å². The SMILES string of the molecule is CSNC(=O)c1nc(Cl)ccc1NC(C)c1cc(C)cc2c(=O)n(C)c(N3CCCCC3)nc12.Cc1ncccc1C#N. The van der Waals surface area contributed by atoms with Gasteiger partial charge < -0.3 is 10.2 Å². The smallest absolute Gasteiger partial charge is 0.281 e. The molecule has 12 heteroatoms. The Kier molecular flexibility index (Phi) is 10.6. The van der Waals surface area contributed by atoms with Crippen LogP contribution in [0.3, 0.4) is 0 Å². The first-order valence-corrected chi connectivity index (χ1v) is 15.6. The highest BCUT2D eigenvalue weighted by Crippen LogP contribution is 2.29. The van der Waals surface area contributed by atoms with Gasteiger partial charge in [-0.25, -0.2) is 9.97 Å². The zero-order valence-corrected chi connectivity index (χ0v) is 26.5. The molecule has 1 unspecified atom stereocenters. The molecule has 2 N–H and O–H groups in total. The van der Waals surface area contributed by atoms with Gasteiger partial charge in [-0.3, -0.25) is 23.9 Å². The molecule has 224 valence electrons. The van der Waals surface area contributed by atoms with E-state index in [9.17, 15) is 9.59 Å². The van der Waals surface area contributed by atoms with Crippen LogP contribution >= 0.6 is 23.5 Å². The van der Waals surface area contributed by atoms with E-state index >= 15 is 0 Å². The molecule has 1 fully saturated rings. The number of amides is 1. The van der Waals surface area contributed by atoms with Gasteiger partial charge in [0.1, 0.15) is 11.2 Å². The van der Waals surface area contributed by atoms with Crippen LogP contribution in [-0.4, -0.2) is 44.8 Å². The fourth-order valence-corrected chi connectivity index (χ4v) is 5.46. The Morgan fingerprint density at radius 3 is 2.53 bits per heavy atom. The third-order valence-corrected chi connectivity index (χ3v) is 7.81. The zero-order chi connectivity index (χ0) is 31.1. The van der Waals surface area contributed by atoms with Gasteiger partial charge in [0.2, 0.25) is 5.95 Å². The normalized spacial score (nSPS) is 13.5. The Morgan fingerprint density at radius 2 is 1.88 bits per heavy atom. The predicted octanol–water partition coefficient (Wildman–Crippen LogP) is 5.72. The van der Waals surface area contributed by atoms with E-state index in [2.05, 4.69) is 24.9 Å². The minimum Gasteiger partial charge on any atom is -0.377 e. The van der Waals surface area contributed by atoms with E-state index < -0.39 is 0 Å². The fraction of sp³-hybridized carbons (Fsp3) is 0.355. The highest BCUT2D eigenvalue weighted by Gasteiger charge is 2.22. The number of rotatable bonds is 6. The summed E-state index contributed by atoms with van der Waals surface area (Å²) in [5, 5.41) is 12.6. The molecule has 3 aromatic heterocycles. The molecule has 1 aliphatic heterocycles. The quantitative estimate of drug-likeness (QED) is 0.206. The van der Waals surface area contributed by atoms with Gasteiger partial charge >= 0.3 is 0 Å². The number of fused-ring (bicyclic) bond motifs is 1. The average molecular weight is 619 g/mol. The number of nitrogens with one attached hydrogen (secondary N) is 2. The fourth-order valence-electron chi connectivity index (χ4n) is 5.03. The molecule has 0 aliphatic carbocycles. The molecule has 1 saturated heterocycles. The van der Waals surface area contributed by atoms with Gasteiger partial charge in [-0.15, -0.1) is 0 Å². The number of aryl methyl sites for hydroxylation is 2. The Labute approximate surface area is 260 Å². The molecule has 0 saturated carbocycles. The third-order valence-electron chi connectivity index (χ3n) is 7.21. The summed E-state index contributed by atoms with van der Waals surface area (Å²) in [5.74, 6) is 0.362. The topological polar surface area (TPSA) is 129 Å². The number of pyridine rings is 2. The summed E-state index contributed by atoms with van der Waals surface area (Å²) in [7, 11) is 1.79. The van der Waals surface area contributed by atoms with Crippen LogP contribution in [0.4, 0.5) is 11.6 Å². The molecular weight excluding hydrogens is 584 g/mol. The summed E-state index contributed by atoms with van der Waals surface area (Å²) in [6.45, 7) is 7.56. The summed E-state index contributed by atoms with van der Waals surface area (Å²) in [4.78, 5) is 41.2. The number of benzene rings is 1. The first-order valence-electron chi connectivity index (χ1n) is 14.0. The van der Waals surface area contributed by atoms with Crippen molar-refractivity contribution in [1.82, 2.24) is 24.2 Å². The van der Waals surface area contributed by atoms with Crippen LogP contribution in [0.25, 0.3) is 10.9 Å². The van der Waals surface area contributed by atoms with Crippen molar-refractivity contribution in [3.05, 3.63) is 86.2 Å². The van der Waals surface area contributed by atoms with Crippen LogP contribution in [0.5, 0.6) is 0 Å². The maximum absolute atomic E-state index is 13.3. The number of halogens is 1. The van der Waals surface area contributed by atoms with Gasteiger partial charge in [-0.2, -0.15) is 5.26 Å². The van der Waals surface area contributed by atoms with E-state index in [1.807, 2.05) is 39.0 Å². The van der Waals surface area contributed by atoms with Crippen molar-refractivity contribution < 1.29 is 4.79 Å². The number of nitriles is 1. The van der Waals surface area contributed by atoms with Crippen molar-refractivity contribution >= 4 is 52.0 Å². The van der Waals surface area contributed by atoms with Crippen LogP contribution in [0.15, 0.2) is 47.4 Å². The zero-order valence-electron chi connectivity index (χ0n) is 24.9. The molecular formula is C31H35ClN8O2S. The Bertz CT molecular complexity index is 1730. The molecule has 4 aromatic rings. The number of piperidine rings is 1. The number of anilines is 2. The number of aromatic nitrogens is 4. The Balaban J connectivity index is 0.000000403. The van der Waals surface area contributed by atoms with Gasteiger partial charge in [0.15, 0.2) is 5.69 Å². The Morgan fingerprint density at radius 1 is 1.14 bits per heavy atom. The standard InChI is InChI=1S/C24H29ClN6O2S.C7H6N2/c1-14-12-16(15(2)26-18-8-9-19(25)27-21(18)22(32)29-34-4)20-17(13-14)23(33)30(3)24(28-20)31-10-6-5-7-11-31;1-6-7(5-8)3-2-4-9-6/h8-9,12-13,15,26H,5-7,10-11H2,1-4H3,(H,29,32);2-4H,1H3. The van der Waals surface area contributed by atoms with E-state index in [4.69, 9.17) is 21.8 Å². The molecule has 0 radical (unpaired) electrons. The van der Waals surface area contributed by atoms with Gasteiger partial charge in [-0.1, -0.05) is 29.6 Å². The third kappa shape index (κ3) is 7.45. The predicted molar refractivity (Wildman–Crippen MR) is 174 cm³/mol. The first-order chi connectivity index (χ1) is 20.6. The molecule has 43 heavy (non-hydrogen) atoms. The van der Waals surface area contributed by atoms with E-state index in [0.717, 1.165) is 42.8 Å². The van der Waals surface area contributed by atoms with Crippen LogP contribution in [0.2, 0.25) is 5.15 Å². The monoisotopic (exact) mass is 618 g/mol. The molecule has 1 aromatic carbocycles. The highest BCUT2D eigenvalue weighted by molar-refractivity contribution is 7.97. The number of carbonyl (C=O) groups excluding carboxylic acids is 1. The summed E-state index contributed by atoms with van der Waals surface area (Å²) in [6.07, 6.45) is 6.83. The van der Waals surface area contributed by atoms with Crippen molar-refractivity contribution in [2.45, 2.75) is 46.1 Å². The maximum Gasteiger partial charge on any atom is 0.281 e. The molecule has 0 spiro atoms. The van der Waals surface area contributed by atoms with Crippen LogP contribution in [0, 0.1) is 25.2 Å².